The van der Waals surface area contributed by atoms with Crippen LogP contribution in [0.2, 0.25) is 0 Å². The molecule has 0 radical (unpaired) electrons. The predicted octanol–water partition coefficient (Wildman–Crippen LogP) is 4.17. The van der Waals surface area contributed by atoms with Crippen molar-refractivity contribution in [1.29, 1.82) is 0 Å². The van der Waals surface area contributed by atoms with Gasteiger partial charge in [0.25, 0.3) is 5.91 Å². The summed E-state index contributed by atoms with van der Waals surface area (Å²) in [4.78, 5) is 21.2. The third-order valence-corrected chi connectivity index (χ3v) is 4.85. The van der Waals surface area contributed by atoms with Crippen molar-refractivity contribution in [3.8, 4) is 17.0 Å². The van der Waals surface area contributed by atoms with E-state index in [1.807, 2.05) is 29.5 Å². The van der Waals surface area contributed by atoms with Crippen molar-refractivity contribution < 1.29 is 13.9 Å². The Bertz CT molecular complexity index is 1150. The summed E-state index contributed by atoms with van der Waals surface area (Å²) < 4.78 is 20.7. The van der Waals surface area contributed by atoms with Crippen LogP contribution in [0.3, 0.4) is 0 Å². The molecule has 1 N–H and O–H groups in total. The van der Waals surface area contributed by atoms with Crippen molar-refractivity contribution in [3.63, 3.8) is 0 Å². The molecule has 0 spiro atoms. The van der Waals surface area contributed by atoms with Crippen molar-refractivity contribution in [2.45, 2.75) is 6.92 Å². The van der Waals surface area contributed by atoms with E-state index in [9.17, 15) is 9.18 Å². The van der Waals surface area contributed by atoms with Crippen molar-refractivity contribution >= 4 is 28.0 Å². The number of thiazole rings is 1. The average molecular weight is 382 g/mol. The number of carbonyl (C=O) groups is 1. The van der Waals surface area contributed by atoms with E-state index < -0.39 is 0 Å². The quantitative estimate of drug-likeness (QED) is 0.575. The highest BCUT2D eigenvalue weighted by atomic mass is 32.1. The molecule has 0 unspecified atom stereocenters. The Balaban J connectivity index is 1.59. The highest BCUT2D eigenvalue weighted by molar-refractivity contribution is 7.14. The Hall–Kier alpha value is -3.26. The van der Waals surface area contributed by atoms with E-state index in [-0.39, 0.29) is 11.7 Å². The molecule has 3 heterocycles. The topological polar surface area (TPSA) is 68.5 Å². The first kappa shape index (κ1) is 17.2. The van der Waals surface area contributed by atoms with Crippen LogP contribution in [-0.2, 0) is 0 Å². The summed E-state index contributed by atoms with van der Waals surface area (Å²) in [5.41, 5.74) is 3.03. The number of hydrogen-bond acceptors (Lipinski definition) is 5. The largest absolute Gasteiger partial charge is 0.496 e. The fourth-order valence-electron chi connectivity index (χ4n) is 2.75. The Morgan fingerprint density at radius 2 is 2.11 bits per heavy atom. The van der Waals surface area contributed by atoms with E-state index in [0.717, 1.165) is 5.69 Å². The van der Waals surface area contributed by atoms with Gasteiger partial charge < -0.3 is 9.14 Å². The van der Waals surface area contributed by atoms with Crippen LogP contribution in [0.25, 0.3) is 16.9 Å². The lowest BCUT2D eigenvalue weighted by molar-refractivity contribution is 0.102. The molecule has 0 bridgehead atoms. The maximum absolute atomic E-state index is 13.6. The molecule has 0 saturated heterocycles. The number of imidazole rings is 1. The van der Waals surface area contributed by atoms with E-state index >= 15 is 0 Å². The second-order valence-corrected chi connectivity index (χ2v) is 6.72. The molecule has 0 fully saturated rings. The van der Waals surface area contributed by atoms with Crippen LogP contribution in [0, 0.1) is 12.7 Å². The zero-order valence-corrected chi connectivity index (χ0v) is 15.4. The summed E-state index contributed by atoms with van der Waals surface area (Å²) in [6, 6.07) is 9.88. The number of halogens is 1. The summed E-state index contributed by atoms with van der Waals surface area (Å²) in [7, 11) is 1.51. The molecular formula is C19H15FN4O2S. The number of ether oxygens (including phenoxy) is 1. The maximum Gasteiger partial charge on any atom is 0.277 e. The SMILES string of the molecule is COc1ccc(F)cc1-c1csc(NC(=O)c2cn3c(C)cccc3n2)n1. The molecule has 8 heteroatoms. The van der Waals surface area contributed by atoms with Gasteiger partial charge in [-0.15, -0.1) is 11.3 Å². The Morgan fingerprint density at radius 1 is 1.26 bits per heavy atom. The fourth-order valence-corrected chi connectivity index (χ4v) is 3.46. The molecule has 1 aromatic carbocycles. The van der Waals surface area contributed by atoms with Crippen molar-refractivity contribution in [3.05, 3.63) is 65.2 Å². The van der Waals surface area contributed by atoms with E-state index in [1.165, 1.54) is 30.6 Å². The van der Waals surface area contributed by atoms with E-state index in [4.69, 9.17) is 4.74 Å². The maximum atomic E-state index is 13.6. The lowest BCUT2D eigenvalue weighted by atomic mass is 10.1. The first-order valence-electron chi connectivity index (χ1n) is 8.10. The number of aryl methyl sites for hydroxylation is 1. The molecule has 27 heavy (non-hydrogen) atoms. The van der Waals surface area contributed by atoms with Gasteiger partial charge in [-0.3, -0.25) is 10.1 Å². The number of pyridine rings is 1. The first-order valence-corrected chi connectivity index (χ1v) is 8.98. The highest BCUT2D eigenvalue weighted by Gasteiger charge is 2.16. The highest BCUT2D eigenvalue weighted by Crippen LogP contribution is 2.32. The van der Waals surface area contributed by atoms with E-state index in [0.29, 0.717) is 33.5 Å². The Morgan fingerprint density at radius 3 is 2.89 bits per heavy atom. The number of benzene rings is 1. The number of nitrogens with zero attached hydrogens (tertiary/aromatic N) is 3. The van der Waals surface area contributed by atoms with Gasteiger partial charge in [-0.25, -0.2) is 14.4 Å². The lowest BCUT2D eigenvalue weighted by Gasteiger charge is -2.05. The van der Waals surface area contributed by atoms with Crippen LogP contribution in [-0.4, -0.2) is 27.4 Å². The number of anilines is 1. The van der Waals surface area contributed by atoms with Gasteiger partial charge in [-0.05, 0) is 37.3 Å². The van der Waals surface area contributed by atoms with Gasteiger partial charge in [-0.1, -0.05) is 6.07 Å². The summed E-state index contributed by atoms with van der Waals surface area (Å²) in [5, 5.41) is 4.87. The molecule has 4 aromatic rings. The number of hydrogen-bond donors (Lipinski definition) is 1. The van der Waals surface area contributed by atoms with Gasteiger partial charge in [0.15, 0.2) is 5.13 Å². The van der Waals surface area contributed by atoms with Crippen LogP contribution >= 0.6 is 11.3 Å². The van der Waals surface area contributed by atoms with Gasteiger partial charge in [0.05, 0.1) is 12.8 Å². The minimum Gasteiger partial charge on any atom is -0.496 e. The fraction of sp³-hybridized carbons (Fsp3) is 0.105. The molecule has 3 aromatic heterocycles. The predicted molar refractivity (Wildman–Crippen MR) is 102 cm³/mol. The average Bonchev–Trinajstić information content (AvgIpc) is 3.29. The van der Waals surface area contributed by atoms with Crippen LogP contribution in [0.4, 0.5) is 9.52 Å². The zero-order valence-electron chi connectivity index (χ0n) is 14.6. The normalized spacial score (nSPS) is 10.9. The minimum atomic E-state index is -0.385. The van der Waals surface area contributed by atoms with Gasteiger partial charge in [0.2, 0.25) is 0 Å². The van der Waals surface area contributed by atoms with Gasteiger partial charge >= 0.3 is 0 Å². The number of nitrogens with one attached hydrogen (secondary N) is 1. The molecule has 136 valence electrons. The summed E-state index contributed by atoms with van der Waals surface area (Å²) in [6.45, 7) is 1.94. The number of aromatic nitrogens is 3. The minimum absolute atomic E-state index is 0.296. The second-order valence-electron chi connectivity index (χ2n) is 5.86. The van der Waals surface area contributed by atoms with Crippen molar-refractivity contribution in [1.82, 2.24) is 14.4 Å². The lowest BCUT2D eigenvalue weighted by Crippen LogP contribution is -2.12. The molecular weight excluding hydrogens is 367 g/mol. The molecule has 4 rings (SSSR count). The van der Waals surface area contributed by atoms with Gasteiger partial charge in [-0.2, -0.15) is 0 Å². The zero-order chi connectivity index (χ0) is 19.0. The number of fused-ring (bicyclic) bond motifs is 1. The Kier molecular flexibility index (Phi) is 4.33. The number of amides is 1. The molecule has 0 saturated carbocycles. The number of rotatable bonds is 4. The van der Waals surface area contributed by atoms with Crippen molar-refractivity contribution in [2.75, 3.05) is 12.4 Å². The van der Waals surface area contributed by atoms with Crippen molar-refractivity contribution in [2.24, 2.45) is 0 Å². The van der Waals surface area contributed by atoms with Crippen LogP contribution in [0.5, 0.6) is 5.75 Å². The van der Waals surface area contributed by atoms with Gasteiger partial charge in [0.1, 0.15) is 22.9 Å². The summed E-state index contributed by atoms with van der Waals surface area (Å²) in [6.07, 6.45) is 1.68. The van der Waals surface area contributed by atoms with Gasteiger partial charge in [0, 0.05) is 22.8 Å². The Labute approximate surface area is 158 Å². The summed E-state index contributed by atoms with van der Waals surface area (Å²) in [5.74, 6) is -0.231. The molecule has 0 aliphatic carbocycles. The first-order chi connectivity index (χ1) is 13.0. The third kappa shape index (κ3) is 3.26. The van der Waals surface area contributed by atoms with Crippen LogP contribution < -0.4 is 10.1 Å². The van der Waals surface area contributed by atoms with Crippen LogP contribution in [0.15, 0.2) is 48.0 Å². The monoisotopic (exact) mass is 382 g/mol. The summed E-state index contributed by atoms with van der Waals surface area (Å²) >= 11 is 1.25. The number of carbonyl (C=O) groups excluding carboxylic acids is 1. The smallest absolute Gasteiger partial charge is 0.277 e. The third-order valence-electron chi connectivity index (χ3n) is 4.09. The standard InChI is InChI=1S/C19H15FN4O2S/c1-11-4-3-5-17-21-14(9-24(11)17)18(25)23-19-22-15(10-27-19)13-8-12(20)6-7-16(13)26-2/h3-10H,1-2H3,(H,22,23,25). The molecule has 6 nitrogen and oxygen atoms in total. The molecule has 0 aliphatic rings. The molecule has 0 aliphatic heterocycles. The molecule has 1 amide bonds. The number of methoxy groups -OCH3 is 1. The second kappa shape index (κ2) is 6.81. The molecule has 0 atom stereocenters. The van der Waals surface area contributed by atoms with E-state index in [2.05, 4.69) is 15.3 Å². The van der Waals surface area contributed by atoms with E-state index in [1.54, 1.807) is 17.6 Å². The van der Waals surface area contributed by atoms with Crippen LogP contribution in [0.1, 0.15) is 16.2 Å².